The van der Waals surface area contributed by atoms with E-state index in [1.54, 1.807) is 0 Å². The summed E-state index contributed by atoms with van der Waals surface area (Å²) in [7, 11) is 0. The van der Waals surface area contributed by atoms with E-state index in [0.717, 1.165) is 24.5 Å². The Morgan fingerprint density at radius 3 is 2.45 bits per heavy atom. The molecule has 0 aromatic heterocycles. The highest BCUT2D eigenvalue weighted by molar-refractivity contribution is 5.21. The number of rotatable bonds is 5. The molecule has 1 saturated heterocycles. The monoisotopic (exact) mass is 272 g/mol. The smallest absolute Gasteiger partial charge is 0.0476 e. The minimum atomic E-state index is 0.552. The molecule has 2 nitrogen and oxygen atoms in total. The molecule has 3 rings (SSSR count). The Hall–Kier alpha value is -0.860. The Morgan fingerprint density at radius 2 is 1.85 bits per heavy atom. The highest BCUT2D eigenvalue weighted by atomic mass is 15.3. The molecule has 1 heterocycles. The van der Waals surface area contributed by atoms with Gasteiger partial charge in [0.2, 0.25) is 0 Å². The van der Waals surface area contributed by atoms with E-state index >= 15 is 0 Å². The van der Waals surface area contributed by atoms with Gasteiger partial charge in [-0.15, -0.1) is 0 Å². The van der Waals surface area contributed by atoms with E-state index in [0.29, 0.717) is 6.04 Å². The van der Waals surface area contributed by atoms with Gasteiger partial charge in [-0.1, -0.05) is 44.2 Å². The molecule has 1 aromatic rings. The van der Waals surface area contributed by atoms with Crippen LogP contribution >= 0.6 is 0 Å². The van der Waals surface area contributed by atoms with Crippen molar-refractivity contribution in [1.29, 1.82) is 0 Å². The lowest BCUT2D eigenvalue weighted by atomic mass is 9.95. The van der Waals surface area contributed by atoms with Crippen LogP contribution < -0.4 is 5.32 Å². The van der Waals surface area contributed by atoms with Gasteiger partial charge in [-0.25, -0.2) is 0 Å². The second kappa shape index (κ2) is 6.28. The standard InChI is InChI=1S/C18H28N2/c1-3-16(4-2)20-13-17(14-10-11-14)19-12-18(20)15-8-6-5-7-9-15/h5-9,14,16-19H,3-4,10-13H2,1-2H3. The highest BCUT2D eigenvalue weighted by Crippen LogP contribution is 2.37. The van der Waals surface area contributed by atoms with Gasteiger partial charge in [0.05, 0.1) is 0 Å². The summed E-state index contributed by atoms with van der Waals surface area (Å²) in [6.07, 6.45) is 5.39. The summed E-state index contributed by atoms with van der Waals surface area (Å²) in [5, 5.41) is 3.82. The van der Waals surface area contributed by atoms with Gasteiger partial charge < -0.3 is 5.32 Å². The van der Waals surface area contributed by atoms with Crippen molar-refractivity contribution in [2.45, 2.75) is 57.7 Å². The Bertz CT molecular complexity index is 409. The van der Waals surface area contributed by atoms with Crippen LogP contribution in [0.2, 0.25) is 0 Å². The van der Waals surface area contributed by atoms with Crippen LogP contribution in [0.5, 0.6) is 0 Å². The average Bonchev–Trinajstić information content (AvgIpc) is 3.34. The van der Waals surface area contributed by atoms with Crippen LogP contribution in [-0.2, 0) is 0 Å². The van der Waals surface area contributed by atoms with Gasteiger partial charge in [0, 0.05) is 31.2 Å². The molecule has 1 aliphatic heterocycles. The molecule has 0 amide bonds. The predicted octanol–water partition coefficient (Wildman–Crippen LogP) is 3.60. The Morgan fingerprint density at radius 1 is 1.15 bits per heavy atom. The minimum absolute atomic E-state index is 0.552. The van der Waals surface area contributed by atoms with Gasteiger partial charge in [0.25, 0.3) is 0 Å². The first kappa shape index (κ1) is 14.1. The molecule has 2 heteroatoms. The van der Waals surface area contributed by atoms with E-state index in [1.807, 2.05) is 0 Å². The zero-order valence-corrected chi connectivity index (χ0v) is 12.9. The summed E-state index contributed by atoms with van der Waals surface area (Å²) in [6, 6.07) is 13.1. The Labute approximate surface area is 123 Å². The average molecular weight is 272 g/mol. The van der Waals surface area contributed by atoms with Crippen molar-refractivity contribution in [3.63, 3.8) is 0 Å². The third-order valence-corrected chi connectivity index (χ3v) is 5.17. The van der Waals surface area contributed by atoms with Crippen molar-refractivity contribution in [1.82, 2.24) is 10.2 Å². The Balaban J connectivity index is 1.79. The summed E-state index contributed by atoms with van der Waals surface area (Å²) in [6.45, 7) is 7.02. The molecule has 1 aromatic carbocycles. The van der Waals surface area contributed by atoms with E-state index in [4.69, 9.17) is 0 Å². The molecule has 2 atom stereocenters. The quantitative estimate of drug-likeness (QED) is 0.881. The molecular formula is C18H28N2. The first-order chi connectivity index (χ1) is 9.83. The molecule has 1 saturated carbocycles. The second-order valence-electron chi connectivity index (χ2n) is 6.45. The van der Waals surface area contributed by atoms with Gasteiger partial charge >= 0.3 is 0 Å². The lowest BCUT2D eigenvalue weighted by Crippen LogP contribution is -2.56. The fraction of sp³-hybridized carbons (Fsp3) is 0.667. The molecule has 20 heavy (non-hydrogen) atoms. The number of benzene rings is 1. The second-order valence-corrected chi connectivity index (χ2v) is 6.45. The summed E-state index contributed by atoms with van der Waals surface area (Å²) in [4.78, 5) is 2.79. The van der Waals surface area contributed by atoms with Crippen LogP contribution in [0.1, 0.15) is 51.1 Å². The predicted molar refractivity (Wildman–Crippen MR) is 84.8 cm³/mol. The molecule has 2 fully saturated rings. The third kappa shape index (κ3) is 2.91. The van der Waals surface area contributed by atoms with Gasteiger partial charge in [0.15, 0.2) is 0 Å². The summed E-state index contributed by atoms with van der Waals surface area (Å²) in [5.74, 6) is 0.948. The molecule has 1 N–H and O–H groups in total. The van der Waals surface area contributed by atoms with Crippen molar-refractivity contribution in [2.75, 3.05) is 13.1 Å². The van der Waals surface area contributed by atoms with Crippen molar-refractivity contribution >= 4 is 0 Å². The van der Waals surface area contributed by atoms with Gasteiger partial charge in [-0.2, -0.15) is 0 Å². The largest absolute Gasteiger partial charge is 0.311 e. The van der Waals surface area contributed by atoms with E-state index in [-0.39, 0.29) is 0 Å². The number of nitrogens with zero attached hydrogens (tertiary/aromatic N) is 1. The van der Waals surface area contributed by atoms with Crippen LogP contribution in [0.15, 0.2) is 30.3 Å². The lowest BCUT2D eigenvalue weighted by Gasteiger charge is -2.45. The first-order valence-electron chi connectivity index (χ1n) is 8.37. The molecular weight excluding hydrogens is 244 g/mol. The van der Waals surface area contributed by atoms with Crippen LogP contribution in [0.4, 0.5) is 0 Å². The number of hydrogen-bond donors (Lipinski definition) is 1. The number of piperazine rings is 1. The maximum absolute atomic E-state index is 3.82. The number of hydrogen-bond acceptors (Lipinski definition) is 2. The van der Waals surface area contributed by atoms with Crippen LogP contribution in [0.3, 0.4) is 0 Å². The fourth-order valence-corrected chi connectivity index (χ4v) is 3.76. The van der Waals surface area contributed by atoms with Crippen molar-refractivity contribution < 1.29 is 0 Å². The van der Waals surface area contributed by atoms with Crippen molar-refractivity contribution in [3.05, 3.63) is 35.9 Å². The zero-order chi connectivity index (χ0) is 13.9. The summed E-state index contributed by atoms with van der Waals surface area (Å²) < 4.78 is 0. The fourth-order valence-electron chi connectivity index (χ4n) is 3.76. The third-order valence-electron chi connectivity index (χ3n) is 5.17. The molecule has 0 bridgehead atoms. The first-order valence-corrected chi connectivity index (χ1v) is 8.37. The van der Waals surface area contributed by atoms with Crippen LogP contribution in [0.25, 0.3) is 0 Å². The molecule has 2 unspecified atom stereocenters. The van der Waals surface area contributed by atoms with Crippen LogP contribution in [0, 0.1) is 5.92 Å². The molecule has 2 aliphatic rings. The minimum Gasteiger partial charge on any atom is -0.311 e. The summed E-state index contributed by atoms with van der Waals surface area (Å²) >= 11 is 0. The molecule has 0 spiro atoms. The SMILES string of the molecule is CCC(CC)N1CC(C2CC2)NCC1c1ccccc1. The maximum Gasteiger partial charge on any atom is 0.0476 e. The van der Waals surface area contributed by atoms with E-state index in [2.05, 4.69) is 54.4 Å². The summed E-state index contributed by atoms with van der Waals surface area (Å²) in [5.41, 5.74) is 1.47. The van der Waals surface area contributed by atoms with E-state index < -0.39 is 0 Å². The number of nitrogens with one attached hydrogen (secondary N) is 1. The molecule has 0 radical (unpaired) electrons. The van der Waals surface area contributed by atoms with Gasteiger partial charge in [-0.3, -0.25) is 4.90 Å². The van der Waals surface area contributed by atoms with Crippen molar-refractivity contribution in [2.24, 2.45) is 5.92 Å². The molecule has 1 aliphatic carbocycles. The maximum atomic E-state index is 3.82. The van der Waals surface area contributed by atoms with Crippen molar-refractivity contribution in [3.8, 4) is 0 Å². The van der Waals surface area contributed by atoms with E-state index in [1.165, 1.54) is 37.8 Å². The van der Waals surface area contributed by atoms with Gasteiger partial charge in [0.1, 0.15) is 0 Å². The van der Waals surface area contributed by atoms with Gasteiger partial charge in [-0.05, 0) is 37.2 Å². The van der Waals surface area contributed by atoms with Crippen LogP contribution in [-0.4, -0.2) is 30.1 Å². The topological polar surface area (TPSA) is 15.3 Å². The highest BCUT2D eigenvalue weighted by Gasteiger charge is 2.39. The Kier molecular flexibility index (Phi) is 4.42. The lowest BCUT2D eigenvalue weighted by molar-refractivity contribution is 0.0706. The molecule has 110 valence electrons. The normalized spacial score (nSPS) is 27.9. The van der Waals surface area contributed by atoms with E-state index in [9.17, 15) is 0 Å². The zero-order valence-electron chi connectivity index (χ0n) is 12.9.